The Kier molecular flexibility index (Phi) is 12.5. The maximum atomic E-state index is 6.31. The van der Waals surface area contributed by atoms with Crippen molar-refractivity contribution in [1.29, 1.82) is 0 Å². The summed E-state index contributed by atoms with van der Waals surface area (Å²) in [5.74, 6) is 2.52. The summed E-state index contributed by atoms with van der Waals surface area (Å²) in [5, 5.41) is 8.00. The van der Waals surface area contributed by atoms with Crippen LogP contribution >= 0.6 is 24.8 Å². The van der Waals surface area contributed by atoms with Crippen LogP contribution in [0.25, 0.3) is 21.9 Å². The number of nitrogens with one attached hydrogen (secondary N) is 2. The molecule has 2 heterocycles. The van der Waals surface area contributed by atoms with Crippen molar-refractivity contribution in [2.45, 2.75) is 85.4 Å². The molecule has 34 heavy (non-hydrogen) atoms. The van der Waals surface area contributed by atoms with Crippen LogP contribution < -0.4 is 16.4 Å². The number of nitrogen functional groups attached to an aromatic ring is 1. The number of nitrogens with two attached hydrogens (primary N) is 1. The van der Waals surface area contributed by atoms with Crippen LogP contribution in [0.5, 0.6) is 0 Å². The van der Waals surface area contributed by atoms with Gasteiger partial charge in [-0.15, -0.1) is 24.8 Å². The fraction of sp³-hybridized carbons (Fsp3) is 0.560. The van der Waals surface area contributed by atoms with Gasteiger partial charge in [-0.25, -0.2) is 9.97 Å². The number of unbranched alkanes of at least 4 members (excludes halogenated alkanes) is 2. The number of nitrogens with zero attached hydrogens (tertiary/aromatic N) is 4. The number of pyridine rings is 1. The number of imidazole rings is 1. The standard InChI is InChI=1S/C25H39N7.2ClH/c1-6-7-14-21-31-22-23(19-12-8-9-13-20(19)30-24(22)26)32(21)16-11-10-15-27-25(28-17(2)3)29-18(4)5;;/h8-9,12-13,17-18H,6-7,10-11,14-16H2,1-5H3,(H2,26,30)(H2,27,28,29);2*1H. The Balaban J connectivity index is 0.00000289. The average Bonchev–Trinajstić information content (AvgIpc) is 3.10. The molecule has 0 atom stereocenters. The Hall–Kier alpha value is -2.25. The van der Waals surface area contributed by atoms with Gasteiger partial charge in [0.2, 0.25) is 0 Å². The van der Waals surface area contributed by atoms with Crippen LogP contribution in [0.15, 0.2) is 29.3 Å². The fourth-order valence-corrected chi connectivity index (χ4v) is 3.94. The number of fused-ring (bicyclic) bond motifs is 3. The van der Waals surface area contributed by atoms with Crippen LogP contribution in [-0.2, 0) is 13.0 Å². The molecule has 0 saturated heterocycles. The first-order chi connectivity index (χ1) is 15.4. The van der Waals surface area contributed by atoms with Crippen molar-refractivity contribution >= 4 is 58.5 Å². The second kappa shape index (κ2) is 14.2. The number of rotatable bonds is 10. The molecule has 2 aromatic heterocycles. The van der Waals surface area contributed by atoms with E-state index in [1.807, 2.05) is 12.1 Å². The molecular weight excluding hydrogens is 469 g/mol. The van der Waals surface area contributed by atoms with Crippen LogP contribution in [0.1, 0.15) is 66.1 Å². The number of aryl methyl sites for hydroxylation is 2. The molecule has 3 rings (SSSR count). The van der Waals surface area contributed by atoms with Gasteiger partial charge in [0, 0.05) is 37.0 Å². The summed E-state index contributed by atoms with van der Waals surface area (Å²) >= 11 is 0. The molecule has 0 saturated carbocycles. The smallest absolute Gasteiger partial charge is 0.191 e. The molecule has 0 aliphatic heterocycles. The Labute approximate surface area is 216 Å². The molecule has 0 bridgehead atoms. The van der Waals surface area contributed by atoms with Gasteiger partial charge in [0.15, 0.2) is 11.8 Å². The van der Waals surface area contributed by atoms with Crippen molar-refractivity contribution < 1.29 is 0 Å². The number of aromatic nitrogens is 3. The molecule has 190 valence electrons. The largest absolute Gasteiger partial charge is 0.382 e. The third-order valence-corrected chi connectivity index (χ3v) is 5.36. The monoisotopic (exact) mass is 509 g/mol. The summed E-state index contributed by atoms with van der Waals surface area (Å²) in [4.78, 5) is 14.2. The molecule has 0 fully saturated rings. The van der Waals surface area contributed by atoms with Crippen LogP contribution in [0.2, 0.25) is 0 Å². The summed E-state index contributed by atoms with van der Waals surface area (Å²) in [6.07, 6.45) is 5.31. The molecule has 0 spiro atoms. The zero-order chi connectivity index (χ0) is 23.1. The highest BCUT2D eigenvalue weighted by Gasteiger charge is 2.16. The number of halogens is 2. The quantitative estimate of drug-likeness (QED) is 0.191. The van der Waals surface area contributed by atoms with E-state index in [-0.39, 0.29) is 30.9 Å². The maximum Gasteiger partial charge on any atom is 0.191 e. The van der Waals surface area contributed by atoms with E-state index in [2.05, 4.69) is 71.9 Å². The summed E-state index contributed by atoms with van der Waals surface area (Å²) in [7, 11) is 0. The second-order valence-electron chi connectivity index (χ2n) is 9.00. The van der Waals surface area contributed by atoms with Crippen LogP contribution in [-0.4, -0.2) is 39.1 Å². The molecule has 4 N–H and O–H groups in total. The Bertz CT molecular complexity index is 1060. The van der Waals surface area contributed by atoms with Gasteiger partial charge >= 0.3 is 0 Å². The molecule has 0 aliphatic rings. The minimum Gasteiger partial charge on any atom is -0.382 e. The fourth-order valence-electron chi connectivity index (χ4n) is 3.94. The van der Waals surface area contributed by atoms with Gasteiger partial charge in [0.05, 0.1) is 11.0 Å². The van der Waals surface area contributed by atoms with Crippen LogP contribution in [0.3, 0.4) is 0 Å². The number of para-hydroxylation sites is 1. The minimum atomic E-state index is 0. The van der Waals surface area contributed by atoms with Crippen molar-refractivity contribution in [2.24, 2.45) is 4.99 Å². The lowest BCUT2D eigenvalue weighted by atomic mass is 10.2. The van der Waals surface area contributed by atoms with Crippen LogP contribution in [0, 0.1) is 0 Å². The molecule has 0 aliphatic carbocycles. The van der Waals surface area contributed by atoms with E-state index in [1.54, 1.807) is 0 Å². The maximum absolute atomic E-state index is 6.31. The van der Waals surface area contributed by atoms with Crippen molar-refractivity contribution in [3.8, 4) is 0 Å². The van der Waals surface area contributed by atoms with E-state index in [4.69, 9.17) is 10.7 Å². The lowest BCUT2D eigenvalue weighted by Gasteiger charge is -2.16. The molecule has 0 radical (unpaired) electrons. The topological polar surface area (TPSA) is 93.1 Å². The van der Waals surface area contributed by atoms with E-state index in [9.17, 15) is 0 Å². The molecule has 3 aromatic rings. The van der Waals surface area contributed by atoms with Gasteiger partial charge in [-0.3, -0.25) is 4.99 Å². The van der Waals surface area contributed by atoms with Gasteiger partial charge in [0.1, 0.15) is 11.3 Å². The zero-order valence-corrected chi connectivity index (χ0v) is 22.7. The molecule has 7 nitrogen and oxygen atoms in total. The third kappa shape index (κ3) is 7.64. The molecule has 9 heteroatoms. The minimum absolute atomic E-state index is 0. The SMILES string of the molecule is CCCCc1nc2c(N)nc3ccccc3c2n1CCCCN/C(=N\C(C)C)NC(C)C.Cl.Cl. The highest BCUT2D eigenvalue weighted by molar-refractivity contribution is 6.06. The van der Waals surface area contributed by atoms with E-state index < -0.39 is 0 Å². The molecular formula is C25H41Cl2N7. The van der Waals surface area contributed by atoms with E-state index in [0.29, 0.717) is 11.9 Å². The Morgan fingerprint density at radius 3 is 2.47 bits per heavy atom. The molecule has 0 unspecified atom stereocenters. The summed E-state index contributed by atoms with van der Waals surface area (Å²) in [5.41, 5.74) is 9.19. The number of aliphatic imine (C=N–C) groups is 1. The van der Waals surface area contributed by atoms with Crippen molar-refractivity contribution in [2.75, 3.05) is 12.3 Å². The van der Waals surface area contributed by atoms with Crippen molar-refractivity contribution in [3.63, 3.8) is 0 Å². The highest BCUT2D eigenvalue weighted by Crippen LogP contribution is 2.29. The Morgan fingerprint density at radius 2 is 1.79 bits per heavy atom. The molecule has 1 aromatic carbocycles. The lowest BCUT2D eigenvalue weighted by molar-refractivity contribution is 0.579. The lowest BCUT2D eigenvalue weighted by Crippen LogP contribution is -2.42. The second-order valence-corrected chi connectivity index (χ2v) is 9.00. The number of guanidine groups is 1. The third-order valence-electron chi connectivity index (χ3n) is 5.36. The van der Waals surface area contributed by atoms with Gasteiger partial charge in [-0.05, 0) is 53.0 Å². The number of benzene rings is 1. The highest BCUT2D eigenvalue weighted by atomic mass is 35.5. The van der Waals surface area contributed by atoms with E-state index in [1.165, 1.54) is 0 Å². The van der Waals surface area contributed by atoms with Crippen molar-refractivity contribution in [3.05, 3.63) is 30.1 Å². The van der Waals surface area contributed by atoms with Gasteiger partial charge in [0.25, 0.3) is 0 Å². The molecule has 0 amide bonds. The normalized spacial score (nSPS) is 11.7. The first-order valence-corrected chi connectivity index (χ1v) is 12.0. The Morgan fingerprint density at radius 1 is 1.06 bits per heavy atom. The average molecular weight is 511 g/mol. The van der Waals surface area contributed by atoms with Crippen molar-refractivity contribution in [1.82, 2.24) is 25.2 Å². The zero-order valence-electron chi connectivity index (χ0n) is 21.1. The van der Waals surface area contributed by atoms with Crippen LogP contribution in [0.4, 0.5) is 5.82 Å². The number of hydrogen-bond acceptors (Lipinski definition) is 4. The predicted molar refractivity (Wildman–Crippen MR) is 151 cm³/mol. The van der Waals surface area contributed by atoms with E-state index in [0.717, 1.165) is 78.9 Å². The summed E-state index contributed by atoms with van der Waals surface area (Å²) in [6, 6.07) is 8.83. The van der Waals surface area contributed by atoms with Gasteiger partial charge in [-0.1, -0.05) is 31.5 Å². The van der Waals surface area contributed by atoms with Gasteiger partial charge in [-0.2, -0.15) is 0 Å². The number of hydrogen-bond donors (Lipinski definition) is 3. The first-order valence-electron chi connectivity index (χ1n) is 12.0. The first kappa shape index (κ1) is 29.8. The summed E-state index contributed by atoms with van der Waals surface area (Å²) < 4.78 is 2.38. The van der Waals surface area contributed by atoms with Gasteiger partial charge < -0.3 is 20.9 Å². The summed E-state index contributed by atoms with van der Waals surface area (Å²) in [6.45, 7) is 12.5. The number of anilines is 1. The predicted octanol–water partition coefficient (Wildman–Crippen LogP) is 5.49. The van der Waals surface area contributed by atoms with E-state index >= 15 is 0 Å².